The molecule has 1 aromatic rings. The fraction of sp³-hybridized carbons (Fsp3) is 0.500. The number of aliphatic carboxylic acids is 1. The molecular weight excluding hydrogens is 270 g/mol. The number of carboxylic acid groups (broad SMARTS) is 1. The summed E-state index contributed by atoms with van der Waals surface area (Å²) in [5, 5.41) is 9.42. The monoisotopic (exact) mass is 291 g/mol. The lowest BCUT2D eigenvalue weighted by Gasteiger charge is -2.37. The number of nitrogens with zero attached hydrogens (tertiary/aromatic N) is 1. The van der Waals surface area contributed by atoms with Gasteiger partial charge in [0.2, 0.25) is 0 Å². The number of carbonyl (C=O) groups excluding carboxylic acids is 1. The fourth-order valence-electron chi connectivity index (χ4n) is 2.60. The van der Waals surface area contributed by atoms with E-state index in [1.54, 1.807) is 6.92 Å². The van der Waals surface area contributed by atoms with Crippen molar-refractivity contribution < 1.29 is 19.4 Å². The van der Waals surface area contributed by atoms with Crippen LogP contribution in [0.2, 0.25) is 0 Å². The molecule has 0 saturated carbocycles. The minimum Gasteiger partial charge on any atom is -0.480 e. The van der Waals surface area contributed by atoms with E-state index in [2.05, 4.69) is 0 Å². The normalized spacial score (nSPS) is 18.9. The van der Waals surface area contributed by atoms with E-state index >= 15 is 0 Å². The van der Waals surface area contributed by atoms with Crippen LogP contribution in [0.4, 0.5) is 5.69 Å². The molecule has 1 aliphatic rings. The van der Waals surface area contributed by atoms with Crippen LogP contribution in [0.5, 0.6) is 5.75 Å². The van der Waals surface area contributed by atoms with E-state index in [1.807, 2.05) is 32.0 Å². The SMILES string of the molecule is CCc1ccc2c(c1)N(C(CC)C(=O)O)C(=O)C(CC)O2. The van der Waals surface area contributed by atoms with E-state index in [1.165, 1.54) is 4.90 Å². The molecule has 1 aromatic carbocycles. The summed E-state index contributed by atoms with van der Waals surface area (Å²) < 4.78 is 5.71. The molecule has 5 nitrogen and oxygen atoms in total. The zero-order valence-electron chi connectivity index (χ0n) is 12.6. The second-order valence-electron chi connectivity index (χ2n) is 5.14. The van der Waals surface area contributed by atoms with E-state index < -0.39 is 18.1 Å². The summed E-state index contributed by atoms with van der Waals surface area (Å²) in [5.74, 6) is -0.679. The van der Waals surface area contributed by atoms with Crippen LogP contribution in [0.3, 0.4) is 0 Å². The van der Waals surface area contributed by atoms with Crippen LogP contribution in [0.15, 0.2) is 18.2 Å². The lowest BCUT2D eigenvalue weighted by Crippen LogP contribution is -2.53. The topological polar surface area (TPSA) is 66.8 Å². The molecule has 2 atom stereocenters. The largest absolute Gasteiger partial charge is 0.480 e. The first-order valence-corrected chi connectivity index (χ1v) is 7.38. The number of carboxylic acids is 1. The predicted molar refractivity (Wildman–Crippen MR) is 79.7 cm³/mol. The zero-order valence-corrected chi connectivity index (χ0v) is 12.6. The average Bonchev–Trinajstić information content (AvgIpc) is 2.48. The number of rotatable bonds is 5. The van der Waals surface area contributed by atoms with Gasteiger partial charge in [-0.25, -0.2) is 4.79 Å². The summed E-state index contributed by atoms with van der Waals surface area (Å²) in [6.07, 6.45) is 1.07. The Kier molecular flexibility index (Phi) is 4.50. The van der Waals surface area contributed by atoms with Gasteiger partial charge in [-0.3, -0.25) is 9.69 Å². The van der Waals surface area contributed by atoms with Crippen molar-refractivity contribution in [1.29, 1.82) is 0 Å². The molecule has 5 heteroatoms. The quantitative estimate of drug-likeness (QED) is 0.905. The van der Waals surface area contributed by atoms with Crippen molar-refractivity contribution in [2.24, 2.45) is 0 Å². The predicted octanol–water partition coefficient (Wildman–Crippen LogP) is 2.62. The number of hydrogen-bond donors (Lipinski definition) is 1. The maximum absolute atomic E-state index is 12.6. The van der Waals surface area contributed by atoms with Crippen LogP contribution < -0.4 is 9.64 Å². The first kappa shape index (κ1) is 15.4. The van der Waals surface area contributed by atoms with Crippen LogP contribution in [0.1, 0.15) is 39.2 Å². The van der Waals surface area contributed by atoms with Crippen molar-refractivity contribution in [3.8, 4) is 5.75 Å². The molecule has 0 bridgehead atoms. The molecule has 0 radical (unpaired) electrons. The third-order valence-corrected chi connectivity index (χ3v) is 3.83. The summed E-state index contributed by atoms with van der Waals surface area (Å²) >= 11 is 0. The Labute approximate surface area is 124 Å². The van der Waals surface area contributed by atoms with Crippen LogP contribution >= 0.6 is 0 Å². The highest BCUT2D eigenvalue weighted by Crippen LogP contribution is 2.37. The van der Waals surface area contributed by atoms with Gasteiger partial charge < -0.3 is 9.84 Å². The van der Waals surface area contributed by atoms with Crippen molar-refractivity contribution in [2.75, 3.05) is 4.90 Å². The maximum atomic E-state index is 12.6. The number of hydrogen-bond acceptors (Lipinski definition) is 3. The summed E-state index contributed by atoms with van der Waals surface area (Å²) in [6, 6.07) is 4.76. The minimum absolute atomic E-state index is 0.271. The van der Waals surface area contributed by atoms with Gasteiger partial charge in [0.05, 0.1) is 5.69 Å². The van der Waals surface area contributed by atoms with Crippen molar-refractivity contribution in [3.05, 3.63) is 23.8 Å². The number of anilines is 1. The summed E-state index contributed by atoms with van der Waals surface area (Å²) in [5.41, 5.74) is 1.61. The van der Waals surface area contributed by atoms with Crippen LogP contribution in [-0.4, -0.2) is 29.1 Å². The Bertz CT molecular complexity index is 555. The molecule has 1 aliphatic heterocycles. The molecule has 2 unspecified atom stereocenters. The van der Waals surface area contributed by atoms with E-state index in [0.29, 0.717) is 24.3 Å². The van der Waals surface area contributed by atoms with Gasteiger partial charge in [-0.05, 0) is 37.0 Å². The Morgan fingerprint density at radius 1 is 1.38 bits per heavy atom. The third kappa shape index (κ3) is 2.73. The number of ether oxygens (including phenoxy) is 1. The second kappa shape index (κ2) is 6.16. The number of carbonyl (C=O) groups is 2. The number of amides is 1. The van der Waals surface area contributed by atoms with E-state index in [9.17, 15) is 14.7 Å². The van der Waals surface area contributed by atoms with E-state index in [0.717, 1.165) is 12.0 Å². The van der Waals surface area contributed by atoms with Crippen molar-refractivity contribution in [1.82, 2.24) is 0 Å². The molecule has 0 aliphatic carbocycles. The van der Waals surface area contributed by atoms with Crippen molar-refractivity contribution >= 4 is 17.6 Å². The fourth-order valence-corrected chi connectivity index (χ4v) is 2.60. The van der Waals surface area contributed by atoms with Crippen molar-refractivity contribution in [3.63, 3.8) is 0 Å². The summed E-state index contributed by atoms with van der Waals surface area (Å²) in [7, 11) is 0. The molecule has 0 fully saturated rings. The molecule has 114 valence electrons. The standard InChI is InChI=1S/C16H21NO4/c1-4-10-7-8-14-12(9-10)17(11(5-2)16(19)20)15(18)13(6-3)21-14/h7-9,11,13H,4-6H2,1-3H3,(H,19,20). The molecule has 0 saturated heterocycles. The van der Waals surface area contributed by atoms with Gasteiger partial charge in [0.1, 0.15) is 11.8 Å². The van der Waals surface area contributed by atoms with Crippen LogP contribution in [0.25, 0.3) is 0 Å². The zero-order chi connectivity index (χ0) is 15.6. The maximum Gasteiger partial charge on any atom is 0.326 e. The third-order valence-electron chi connectivity index (χ3n) is 3.83. The van der Waals surface area contributed by atoms with E-state index in [4.69, 9.17) is 4.74 Å². The van der Waals surface area contributed by atoms with Gasteiger partial charge in [0, 0.05) is 0 Å². The van der Waals surface area contributed by atoms with Crippen molar-refractivity contribution in [2.45, 2.75) is 52.2 Å². The van der Waals surface area contributed by atoms with Gasteiger partial charge in [-0.15, -0.1) is 0 Å². The number of benzene rings is 1. The highest BCUT2D eigenvalue weighted by Gasteiger charge is 2.39. The molecule has 2 rings (SSSR count). The molecule has 1 amide bonds. The van der Waals surface area contributed by atoms with Gasteiger partial charge in [0.25, 0.3) is 5.91 Å². The first-order valence-electron chi connectivity index (χ1n) is 7.38. The first-order chi connectivity index (χ1) is 10.0. The molecule has 0 aromatic heterocycles. The molecule has 1 heterocycles. The number of aryl methyl sites for hydroxylation is 1. The molecule has 1 N–H and O–H groups in total. The minimum atomic E-state index is -0.990. The Morgan fingerprint density at radius 2 is 2.10 bits per heavy atom. The highest BCUT2D eigenvalue weighted by molar-refractivity contribution is 6.04. The van der Waals surface area contributed by atoms with Crippen LogP contribution in [-0.2, 0) is 16.0 Å². The smallest absolute Gasteiger partial charge is 0.326 e. The molecular formula is C16H21NO4. The summed E-state index contributed by atoms with van der Waals surface area (Å²) in [4.78, 5) is 25.5. The Morgan fingerprint density at radius 3 is 2.62 bits per heavy atom. The lowest BCUT2D eigenvalue weighted by molar-refractivity contribution is -0.141. The summed E-state index contributed by atoms with van der Waals surface area (Å²) in [6.45, 7) is 5.64. The van der Waals surface area contributed by atoms with Gasteiger partial charge in [-0.1, -0.05) is 26.8 Å². The number of fused-ring (bicyclic) bond motifs is 1. The second-order valence-corrected chi connectivity index (χ2v) is 5.14. The molecule has 21 heavy (non-hydrogen) atoms. The van der Waals surface area contributed by atoms with Gasteiger partial charge in [-0.2, -0.15) is 0 Å². The van der Waals surface area contributed by atoms with Crippen LogP contribution in [0, 0.1) is 0 Å². The van der Waals surface area contributed by atoms with Gasteiger partial charge in [0.15, 0.2) is 6.10 Å². The lowest BCUT2D eigenvalue weighted by atomic mass is 10.0. The van der Waals surface area contributed by atoms with E-state index in [-0.39, 0.29) is 5.91 Å². The van der Waals surface area contributed by atoms with Gasteiger partial charge >= 0.3 is 5.97 Å². The molecule has 0 spiro atoms. The average molecular weight is 291 g/mol. The Balaban J connectivity index is 2.55. The highest BCUT2D eigenvalue weighted by atomic mass is 16.5. The Hall–Kier alpha value is -2.04.